The second-order valence-corrected chi connectivity index (χ2v) is 5.69. The molecule has 2 atom stereocenters. The number of carbonyl (C=O) groups is 1. The third-order valence-corrected chi connectivity index (χ3v) is 4.18. The molecule has 1 fully saturated rings. The predicted octanol–water partition coefficient (Wildman–Crippen LogP) is 2.56. The molecule has 0 bridgehead atoms. The van der Waals surface area contributed by atoms with E-state index in [-0.39, 0.29) is 18.1 Å². The van der Waals surface area contributed by atoms with Gasteiger partial charge in [0.25, 0.3) is 5.91 Å². The van der Waals surface area contributed by atoms with Crippen LogP contribution in [-0.4, -0.2) is 34.7 Å². The van der Waals surface area contributed by atoms with Gasteiger partial charge in [-0.05, 0) is 44.5 Å². The Balaban J connectivity index is 1.69. The molecule has 1 aliphatic rings. The van der Waals surface area contributed by atoms with Crippen LogP contribution in [0.15, 0.2) is 36.7 Å². The molecular weight excluding hydrogens is 306 g/mol. The van der Waals surface area contributed by atoms with E-state index in [2.05, 4.69) is 17.2 Å². The molecule has 24 heavy (non-hydrogen) atoms. The minimum atomic E-state index is -0.202. The Hall–Kier alpha value is -2.34. The first-order chi connectivity index (χ1) is 11.7. The van der Waals surface area contributed by atoms with E-state index in [1.165, 1.54) is 0 Å². The molecule has 128 valence electrons. The molecule has 6 nitrogen and oxygen atoms in total. The van der Waals surface area contributed by atoms with Crippen molar-refractivity contribution in [2.45, 2.75) is 39.0 Å². The first-order valence-electron chi connectivity index (χ1n) is 8.39. The molecule has 2 aromatic rings. The van der Waals surface area contributed by atoms with E-state index >= 15 is 0 Å². The topological polar surface area (TPSA) is 65.4 Å². The predicted molar refractivity (Wildman–Crippen MR) is 90.1 cm³/mol. The molecule has 0 radical (unpaired) electrons. The molecule has 0 aliphatic carbocycles. The maximum atomic E-state index is 12.5. The SMILES string of the molecule is CCOc1ccc(C(=O)N[C@H]2CCO[C@@H]2c2nccn2CC)cc1. The fourth-order valence-electron chi connectivity index (χ4n) is 2.96. The lowest BCUT2D eigenvalue weighted by atomic mass is 10.1. The van der Waals surface area contributed by atoms with Crippen molar-refractivity contribution in [2.75, 3.05) is 13.2 Å². The van der Waals surface area contributed by atoms with Gasteiger partial charge in [0.05, 0.1) is 12.6 Å². The summed E-state index contributed by atoms with van der Waals surface area (Å²) in [5.74, 6) is 1.53. The van der Waals surface area contributed by atoms with Crippen LogP contribution in [0.3, 0.4) is 0 Å². The number of hydrogen-bond donors (Lipinski definition) is 1. The zero-order valence-corrected chi connectivity index (χ0v) is 14.1. The molecule has 0 spiro atoms. The Kier molecular flexibility index (Phi) is 5.15. The molecular formula is C18H23N3O3. The van der Waals surface area contributed by atoms with Crippen molar-refractivity contribution in [2.24, 2.45) is 0 Å². The number of nitrogens with one attached hydrogen (secondary N) is 1. The van der Waals surface area contributed by atoms with Crippen molar-refractivity contribution in [3.05, 3.63) is 48.0 Å². The molecule has 1 saturated heterocycles. The molecule has 1 aromatic carbocycles. The highest BCUT2D eigenvalue weighted by Gasteiger charge is 2.33. The van der Waals surface area contributed by atoms with Crippen LogP contribution in [0.25, 0.3) is 0 Å². The van der Waals surface area contributed by atoms with Gasteiger partial charge >= 0.3 is 0 Å². The first-order valence-corrected chi connectivity index (χ1v) is 8.39. The zero-order chi connectivity index (χ0) is 16.9. The summed E-state index contributed by atoms with van der Waals surface area (Å²) in [6.45, 7) is 6.05. The highest BCUT2D eigenvalue weighted by atomic mass is 16.5. The van der Waals surface area contributed by atoms with Gasteiger partial charge in [0, 0.05) is 31.1 Å². The van der Waals surface area contributed by atoms with Crippen LogP contribution in [0, 0.1) is 0 Å². The molecule has 2 heterocycles. The van der Waals surface area contributed by atoms with Crippen LogP contribution in [0.5, 0.6) is 5.75 Å². The number of ether oxygens (including phenoxy) is 2. The Labute approximate surface area is 141 Å². The van der Waals surface area contributed by atoms with Crippen LogP contribution in [0.1, 0.15) is 42.6 Å². The number of benzene rings is 1. The maximum Gasteiger partial charge on any atom is 0.251 e. The number of nitrogens with zero attached hydrogens (tertiary/aromatic N) is 2. The van der Waals surface area contributed by atoms with Crippen molar-refractivity contribution < 1.29 is 14.3 Å². The standard InChI is InChI=1S/C18H23N3O3/c1-3-21-11-10-19-17(21)16-15(9-12-24-16)20-18(22)13-5-7-14(8-6-13)23-4-2/h5-8,10-11,15-16H,3-4,9,12H2,1-2H3,(H,20,22)/t15-,16-/m0/s1. The first kappa shape index (κ1) is 16.5. The summed E-state index contributed by atoms with van der Waals surface area (Å²) in [4.78, 5) is 16.9. The molecule has 1 amide bonds. The number of aromatic nitrogens is 2. The summed E-state index contributed by atoms with van der Waals surface area (Å²) in [6.07, 6.45) is 4.28. The van der Waals surface area contributed by atoms with Crippen molar-refractivity contribution >= 4 is 5.91 Å². The number of rotatable bonds is 6. The minimum Gasteiger partial charge on any atom is -0.494 e. The normalized spacial score (nSPS) is 20.1. The number of carbonyl (C=O) groups excluding carboxylic acids is 1. The van der Waals surface area contributed by atoms with E-state index in [9.17, 15) is 4.79 Å². The van der Waals surface area contributed by atoms with Crippen LogP contribution >= 0.6 is 0 Å². The third kappa shape index (κ3) is 3.43. The fraction of sp³-hybridized carbons (Fsp3) is 0.444. The molecule has 3 rings (SSSR count). The average molecular weight is 329 g/mol. The Morgan fingerprint density at radius 3 is 2.88 bits per heavy atom. The van der Waals surface area contributed by atoms with Gasteiger partial charge < -0.3 is 19.4 Å². The number of imidazole rings is 1. The Morgan fingerprint density at radius 2 is 2.17 bits per heavy atom. The summed E-state index contributed by atoms with van der Waals surface area (Å²) >= 11 is 0. The lowest BCUT2D eigenvalue weighted by Crippen LogP contribution is -2.37. The summed E-state index contributed by atoms with van der Waals surface area (Å²) in [6, 6.07) is 7.10. The van der Waals surface area contributed by atoms with E-state index < -0.39 is 0 Å². The van der Waals surface area contributed by atoms with E-state index in [0.717, 1.165) is 24.5 Å². The molecule has 1 aliphatic heterocycles. The Morgan fingerprint density at radius 1 is 1.38 bits per heavy atom. The third-order valence-electron chi connectivity index (χ3n) is 4.18. The molecule has 0 saturated carbocycles. The largest absolute Gasteiger partial charge is 0.494 e. The van der Waals surface area contributed by atoms with Gasteiger partial charge in [-0.15, -0.1) is 0 Å². The van der Waals surface area contributed by atoms with E-state index in [1.807, 2.05) is 29.8 Å². The van der Waals surface area contributed by atoms with Crippen molar-refractivity contribution in [1.82, 2.24) is 14.9 Å². The van der Waals surface area contributed by atoms with Crippen molar-refractivity contribution in [3.63, 3.8) is 0 Å². The highest BCUT2D eigenvalue weighted by molar-refractivity contribution is 5.94. The second kappa shape index (κ2) is 7.49. The lowest BCUT2D eigenvalue weighted by molar-refractivity contribution is 0.0775. The van der Waals surface area contributed by atoms with E-state index in [1.54, 1.807) is 18.3 Å². The quantitative estimate of drug-likeness (QED) is 0.884. The monoisotopic (exact) mass is 329 g/mol. The molecule has 1 aromatic heterocycles. The van der Waals surface area contributed by atoms with Crippen molar-refractivity contribution in [1.29, 1.82) is 0 Å². The van der Waals surface area contributed by atoms with Crippen LogP contribution in [0.4, 0.5) is 0 Å². The average Bonchev–Trinajstić information content (AvgIpc) is 3.24. The summed E-state index contributed by atoms with van der Waals surface area (Å²) in [5, 5.41) is 3.08. The zero-order valence-electron chi connectivity index (χ0n) is 14.1. The van der Waals surface area contributed by atoms with E-state index in [0.29, 0.717) is 18.8 Å². The van der Waals surface area contributed by atoms with E-state index in [4.69, 9.17) is 9.47 Å². The highest BCUT2D eigenvalue weighted by Crippen LogP contribution is 2.28. The van der Waals surface area contributed by atoms with Gasteiger partial charge in [0.15, 0.2) is 0 Å². The summed E-state index contributed by atoms with van der Waals surface area (Å²) < 4.78 is 13.3. The number of aryl methyl sites for hydroxylation is 1. The molecule has 1 N–H and O–H groups in total. The lowest BCUT2D eigenvalue weighted by Gasteiger charge is -2.20. The smallest absolute Gasteiger partial charge is 0.251 e. The van der Waals surface area contributed by atoms with Gasteiger partial charge in [-0.3, -0.25) is 4.79 Å². The molecule has 6 heteroatoms. The summed E-state index contributed by atoms with van der Waals surface area (Å²) in [5.41, 5.74) is 0.614. The van der Waals surface area contributed by atoms with Crippen LogP contribution < -0.4 is 10.1 Å². The second-order valence-electron chi connectivity index (χ2n) is 5.69. The van der Waals surface area contributed by atoms with Crippen LogP contribution in [-0.2, 0) is 11.3 Å². The van der Waals surface area contributed by atoms with Gasteiger partial charge in [-0.1, -0.05) is 0 Å². The van der Waals surface area contributed by atoms with Gasteiger partial charge in [0.1, 0.15) is 17.7 Å². The maximum absolute atomic E-state index is 12.5. The van der Waals surface area contributed by atoms with Gasteiger partial charge in [0.2, 0.25) is 0 Å². The Bertz CT molecular complexity index is 681. The number of hydrogen-bond acceptors (Lipinski definition) is 4. The fourth-order valence-corrected chi connectivity index (χ4v) is 2.96. The van der Waals surface area contributed by atoms with Crippen molar-refractivity contribution in [3.8, 4) is 5.75 Å². The van der Waals surface area contributed by atoms with Crippen LogP contribution in [0.2, 0.25) is 0 Å². The van der Waals surface area contributed by atoms with Gasteiger partial charge in [-0.25, -0.2) is 4.98 Å². The minimum absolute atomic E-state index is 0.0724. The van der Waals surface area contributed by atoms with Gasteiger partial charge in [-0.2, -0.15) is 0 Å². The molecule has 0 unspecified atom stereocenters. The summed E-state index contributed by atoms with van der Waals surface area (Å²) in [7, 11) is 0. The number of amides is 1.